The summed E-state index contributed by atoms with van der Waals surface area (Å²) in [6.07, 6.45) is 3.43. The minimum Gasteiger partial charge on any atom is -0.483 e. The minimum absolute atomic E-state index is 0.250. The summed E-state index contributed by atoms with van der Waals surface area (Å²) >= 11 is 0. The molecular formula is C20H26N8O2. The largest absolute Gasteiger partial charge is 0.483 e. The van der Waals surface area contributed by atoms with Crippen LogP contribution < -0.4 is 10.6 Å². The zero-order chi connectivity index (χ0) is 22.3. The second-order valence-electron chi connectivity index (χ2n) is 7.53. The van der Waals surface area contributed by atoms with Crippen molar-refractivity contribution in [3.8, 4) is 6.07 Å². The number of anilines is 3. The average molecular weight is 410 g/mol. The Hall–Kier alpha value is -3.74. The van der Waals surface area contributed by atoms with Gasteiger partial charge in [-0.1, -0.05) is 0 Å². The summed E-state index contributed by atoms with van der Waals surface area (Å²) in [5.74, 6) is 2.74. The van der Waals surface area contributed by atoms with E-state index >= 15 is 0 Å². The number of pyridine rings is 1. The molecule has 0 saturated heterocycles. The van der Waals surface area contributed by atoms with E-state index in [9.17, 15) is 0 Å². The Kier molecular flexibility index (Phi) is 7.25. The number of aromatic nitrogens is 5. The molecule has 0 aliphatic rings. The summed E-state index contributed by atoms with van der Waals surface area (Å²) in [6.45, 7) is 10.2. The highest BCUT2D eigenvalue weighted by Gasteiger charge is 2.17. The van der Waals surface area contributed by atoms with Gasteiger partial charge in [-0.05, 0) is 40.7 Å². The molecule has 0 saturated carbocycles. The van der Waals surface area contributed by atoms with Crippen molar-refractivity contribution in [2.45, 2.75) is 40.7 Å². The topological polar surface area (TPSA) is 142 Å². The second-order valence-corrected chi connectivity index (χ2v) is 7.53. The molecule has 0 bridgehead atoms. The van der Waals surface area contributed by atoms with Crippen molar-refractivity contribution in [2.75, 3.05) is 17.2 Å². The SMILES string of the molecule is Cc1nc2cnc(Nc3ccnc(NCC(C)(C)C#N)n3)cc2n1C(C)C.O=CO. The van der Waals surface area contributed by atoms with Crippen LogP contribution >= 0.6 is 0 Å². The number of imidazole rings is 1. The molecule has 0 spiro atoms. The van der Waals surface area contributed by atoms with Crippen molar-refractivity contribution in [3.05, 3.63) is 30.4 Å². The van der Waals surface area contributed by atoms with Crippen molar-refractivity contribution in [1.82, 2.24) is 24.5 Å². The highest BCUT2D eigenvalue weighted by molar-refractivity contribution is 5.79. The van der Waals surface area contributed by atoms with Gasteiger partial charge in [-0.3, -0.25) is 4.79 Å². The highest BCUT2D eigenvalue weighted by atomic mass is 16.3. The van der Waals surface area contributed by atoms with Gasteiger partial charge in [0.2, 0.25) is 5.95 Å². The van der Waals surface area contributed by atoms with Gasteiger partial charge in [-0.15, -0.1) is 0 Å². The normalized spacial score (nSPS) is 10.8. The number of fused-ring (bicyclic) bond motifs is 1. The highest BCUT2D eigenvalue weighted by Crippen LogP contribution is 2.23. The lowest BCUT2D eigenvalue weighted by molar-refractivity contribution is -0.122. The predicted molar refractivity (Wildman–Crippen MR) is 115 cm³/mol. The molecular weight excluding hydrogens is 384 g/mol. The molecule has 0 aliphatic heterocycles. The Bertz CT molecular complexity index is 1050. The first-order valence-corrected chi connectivity index (χ1v) is 9.38. The first-order valence-electron chi connectivity index (χ1n) is 9.38. The summed E-state index contributed by atoms with van der Waals surface area (Å²) in [6, 6.07) is 6.31. The molecule has 0 fully saturated rings. The molecule has 3 heterocycles. The number of nitriles is 1. The van der Waals surface area contributed by atoms with E-state index in [0.717, 1.165) is 16.9 Å². The van der Waals surface area contributed by atoms with Crippen LogP contribution in [0.25, 0.3) is 11.0 Å². The van der Waals surface area contributed by atoms with E-state index in [1.54, 1.807) is 18.5 Å². The van der Waals surface area contributed by atoms with E-state index in [0.29, 0.717) is 30.2 Å². The number of carboxylic acid groups (broad SMARTS) is 1. The van der Waals surface area contributed by atoms with Crippen LogP contribution in [-0.4, -0.2) is 42.6 Å². The van der Waals surface area contributed by atoms with Gasteiger partial charge in [0.05, 0.1) is 23.2 Å². The number of nitrogens with zero attached hydrogens (tertiary/aromatic N) is 6. The Labute approximate surface area is 175 Å². The van der Waals surface area contributed by atoms with E-state index in [1.165, 1.54) is 0 Å². The van der Waals surface area contributed by atoms with Crippen LogP contribution in [0, 0.1) is 23.7 Å². The van der Waals surface area contributed by atoms with Crippen molar-refractivity contribution >= 4 is 35.1 Å². The molecule has 3 aromatic rings. The van der Waals surface area contributed by atoms with Crippen LogP contribution in [-0.2, 0) is 4.79 Å². The van der Waals surface area contributed by atoms with E-state index in [2.05, 4.69) is 55.1 Å². The summed E-state index contributed by atoms with van der Waals surface area (Å²) in [7, 11) is 0. The van der Waals surface area contributed by atoms with Gasteiger partial charge in [0.25, 0.3) is 6.47 Å². The molecule has 0 radical (unpaired) electrons. The molecule has 3 N–H and O–H groups in total. The first-order chi connectivity index (χ1) is 14.2. The number of nitrogens with one attached hydrogen (secondary N) is 2. The predicted octanol–water partition coefficient (Wildman–Crippen LogP) is 3.52. The van der Waals surface area contributed by atoms with Crippen LogP contribution in [0.5, 0.6) is 0 Å². The second kappa shape index (κ2) is 9.65. The van der Waals surface area contributed by atoms with Crippen LogP contribution in [0.2, 0.25) is 0 Å². The van der Waals surface area contributed by atoms with Gasteiger partial charge in [0.1, 0.15) is 23.0 Å². The lowest BCUT2D eigenvalue weighted by atomic mass is 9.96. The van der Waals surface area contributed by atoms with Gasteiger partial charge < -0.3 is 20.3 Å². The number of carbonyl (C=O) groups is 1. The maximum Gasteiger partial charge on any atom is 0.290 e. The number of rotatable bonds is 6. The number of hydrogen-bond acceptors (Lipinski definition) is 8. The fourth-order valence-electron chi connectivity index (χ4n) is 2.82. The number of hydrogen-bond donors (Lipinski definition) is 3. The summed E-state index contributed by atoms with van der Waals surface area (Å²) < 4.78 is 2.18. The monoisotopic (exact) mass is 410 g/mol. The minimum atomic E-state index is -0.494. The van der Waals surface area contributed by atoms with E-state index in [-0.39, 0.29) is 6.47 Å². The van der Waals surface area contributed by atoms with Crippen molar-refractivity contribution in [2.24, 2.45) is 5.41 Å². The fourth-order valence-corrected chi connectivity index (χ4v) is 2.82. The van der Waals surface area contributed by atoms with Gasteiger partial charge in [0.15, 0.2) is 0 Å². The van der Waals surface area contributed by atoms with Gasteiger partial charge in [-0.2, -0.15) is 10.2 Å². The Morgan fingerprint density at radius 1 is 1.30 bits per heavy atom. The molecule has 0 aliphatic carbocycles. The van der Waals surface area contributed by atoms with Crippen LogP contribution in [0.4, 0.5) is 17.6 Å². The van der Waals surface area contributed by atoms with E-state index < -0.39 is 5.41 Å². The molecule has 3 aromatic heterocycles. The van der Waals surface area contributed by atoms with Gasteiger partial charge >= 0.3 is 0 Å². The molecule has 0 unspecified atom stereocenters. The third-order valence-corrected chi connectivity index (χ3v) is 4.17. The maximum absolute atomic E-state index is 9.11. The molecule has 0 atom stereocenters. The van der Waals surface area contributed by atoms with E-state index in [4.69, 9.17) is 15.2 Å². The third kappa shape index (κ3) is 5.64. The molecule has 30 heavy (non-hydrogen) atoms. The Morgan fingerprint density at radius 2 is 2.00 bits per heavy atom. The molecule has 10 nitrogen and oxygen atoms in total. The Morgan fingerprint density at radius 3 is 2.63 bits per heavy atom. The van der Waals surface area contributed by atoms with Gasteiger partial charge in [-0.25, -0.2) is 15.0 Å². The molecule has 10 heteroatoms. The molecule has 158 valence electrons. The summed E-state index contributed by atoms with van der Waals surface area (Å²) in [5.41, 5.74) is 1.41. The zero-order valence-corrected chi connectivity index (χ0v) is 17.7. The number of aryl methyl sites for hydroxylation is 1. The maximum atomic E-state index is 9.11. The lowest BCUT2D eigenvalue weighted by Crippen LogP contribution is -2.22. The molecule has 0 amide bonds. The van der Waals surface area contributed by atoms with Crippen molar-refractivity contribution in [3.63, 3.8) is 0 Å². The zero-order valence-electron chi connectivity index (χ0n) is 17.7. The average Bonchev–Trinajstić information content (AvgIpc) is 3.03. The summed E-state index contributed by atoms with van der Waals surface area (Å²) in [4.78, 5) is 26.0. The van der Waals surface area contributed by atoms with Crippen molar-refractivity contribution < 1.29 is 9.90 Å². The van der Waals surface area contributed by atoms with E-state index in [1.807, 2.05) is 26.8 Å². The lowest BCUT2D eigenvalue weighted by Gasteiger charge is -2.16. The van der Waals surface area contributed by atoms with Gasteiger partial charge in [0, 0.05) is 24.8 Å². The first kappa shape index (κ1) is 22.5. The smallest absolute Gasteiger partial charge is 0.290 e. The summed E-state index contributed by atoms with van der Waals surface area (Å²) in [5, 5.41) is 22.3. The Balaban J connectivity index is 0.00000101. The molecule has 3 rings (SSSR count). The fraction of sp³-hybridized carbons (Fsp3) is 0.400. The standard InChI is InChI=1S/C19H24N8.CH2O2/c1-12(2)27-13(3)24-14-9-22-17(8-15(14)27)25-16-6-7-21-18(26-16)23-11-19(4,5)10-20;2-1-3/h6-9,12H,11H2,1-5H3,(H2,21,22,23,25,26);1H,(H,2,3). The molecule has 0 aromatic carbocycles. The van der Waals surface area contributed by atoms with Crippen LogP contribution in [0.1, 0.15) is 39.6 Å². The van der Waals surface area contributed by atoms with Crippen molar-refractivity contribution in [1.29, 1.82) is 5.26 Å². The third-order valence-electron chi connectivity index (χ3n) is 4.17. The van der Waals surface area contributed by atoms with Crippen LogP contribution in [0.15, 0.2) is 24.5 Å². The quantitative estimate of drug-likeness (QED) is 0.520. The van der Waals surface area contributed by atoms with Crippen LogP contribution in [0.3, 0.4) is 0 Å².